The standard InChI is InChI=1S/C21H25N5O5S/c1-21(2,3)26-19(27)24-18-16(12-7-14(30-4)10-15(8-12)31-5)9-13-11-22-20(32(6,28)29)25-17(13)23-18/h7-11H,1-6H3,(H2,22,23,24,25,26,27). The van der Waals surface area contributed by atoms with Crippen molar-refractivity contribution in [1.29, 1.82) is 0 Å². The third-order valence-electron chi connectivity index (χ3n) is 4.26. The molecule has 0 aliphatic carbocycles. The Labute approximate surface area is 186 Å². The summed E-state index contributed by atoms with van der Waals surface area (Å²) in [6.07, 6.45) is 2.40. The molecule has 0 saturated heterocycles. The van der Waals surface area contributed by atoms with E-state index in [1.165, 1.54) is 20.4 Å². The van der Waals surface area contributed by atoms with Crippen molar-refractivity contribution in [3.05, 3.63) is 30.5 Å². The van der Waals surface area contributed by atoms with Gasteiger partial charge >= 0.3 is 6.03 Å². The number of nitrogens with zero attached hydrogens (tertiary/aromatic N) is 3. The smallest absolute Gasteiger partial charge is 0.320 e. The highest BCUT2D eigenvalue weighted by Crippen LogP contribution is 2.35. The first-order chi connectivity index (χ1) is 14.9. The summed E-state index contributed by atoms with van der Waals surface area (Å²) < 4.78 is 34.4. The van der Waals surface area contributed by atoms with Gasteiger partial charge in [-0.25, -0.2) is 23.2 Å². The highest BCUT2D eigenvalue weighted by Gasteiger charge is 2.19. The normalized spacial score (nSPS) is 11.8. The Morgan fingerprint density at radius 3 is 2.16 bits per heavy atom. The highest BCUT2D eigenvalue weighted by molar-refractivity contribution is 7.90. The second-order valence-corrected chi connectivity index (χ2v) is 10.1. The van der Waals surface area contributed by atoms with E-state index in [0.29, 0.717) is 28.0 Å². The van der Waals surface area contributed by atoms with E-state index in [1.54, 1.807) is 24.3 Å². The molecule has 0 atom stereocenters. The van der Waals surface area contributed by atoms with Crippen molar-refractivity contribution in [3.63, 3.8) is 0 Å². The van der Waals surface area contributed by atoms with Crippen LogP contribution in [0.3, 0.4) is 0 Å². The molecule has 170 valence electrons. The van der Waals surface area contributed by atoms with Crippen LogP contribution in [0, 0.1) is 0 Å². The van der Waals surface area contributed by atoms with Gasteiger partial charge in [0.1, 0.15) is 17.3 Å². The number of aromatic nitrogens is 3. The lowest BCUT2D eigenvalue weighted by molar-refractivity contribution is 0.243. The van der Waals surface area contributed by atoms with E-state index in [-0.39, 0.29) is 16.6 Å². The minimum atomic E-state index is -3.63. The number of fused-ring (bicyclic) bond motifs is 1. The van der Waals surface area contributed by atoms with Crippen molar-refractivity contribution in [2.75, 3.05) is 25.8 Å². The molecule has 32 heavy (non-hydrogen) atoms. The van der Waals surface area contributed by atoms with Crippen molar-refractivity contribution >= 4 is 32.7 Å². The van der Waals surface area contributed by atoms with E-state index >= 15 is 0 Å². The SMILES string of the molecule is COc1cc(OC)cc(-c2cc3cnc(S(C)(=O)=O)nc3nc2NC(=O)NC(C)(C)C)c1. The van der Waals surface area contributed by atoms with E-state index < -0.39 is 21.4 Å². The number of urea groups is 1. The van der Waals surface area contributed by atoms with Gasteiger partial charge in [-0.2, -0.15) is 4.98 Å². The molecule has 10 nitrogen and oxygen atoms in total. The number of carbonyl (C=O) groups is 1. The van der Waals surface area contributed by atoms with Crippen molar-refractivity contribution in [2.24, 2.45) is 0 Å². The molecule has 0 radical (unpaired) electrons. The van der Waals surface area contributed by atoms with Crippen LogP contribution in [0.2, 0.25) is 0 Å². The maximum atomic E-state index is 12.6. The molecule has 0 unspecified atom stereocenters. The molecule has 0 aliphatic rings. The van der Waals surface area contributed by atoms with Gasteiger partial charge in [0.15, 0.2) is 5.65 Å². The van der Waals surface area contributed by atoms with E-state index in [2.05, 4.69) is 25.6 Å². The lowest BCUT2D eigenvalue weighted by atomic mass is 10.0. The van der Waals surface area contributed by atoms with Crippen LogP contribution in [-0.2, 0) is 9.84 Å². The second kappa shape index (κ2) is 8.58. The van der Waals surface area contributed by atoms with Crippen LogP contribution in [0.1, 0.15) is 20.8 Å². The van der Waals surface area contributed by atoms with Gasteiger partial charge in [0.25, 0.3) is 0 Å². The Morgan fingerprint density at radius 1 is 1.00 bits per heavy atom. The van der Waals surface area contributed by atoms with Crippen molar-refractivity contribution in [3.8, 4) is 22.6 Å². The van der Waals surface area contributed by atoms with Gasteiger partial charge in [-0.3, -0.25) is 5.32 Å². The zero-order chi connectivity index (χ0) is 23.7. The van der Waals surface area contributed by atoms with E-state index in [9.17, 15) is 13.2 Å². The maximum absolute atomic E-state index is 12.6. The zero-order valence-electron chi connectivity index (χ0n) is 18.7. The molecule has 0 bridgehead atoms. The van der Waals surface area contributed by atoms with Crippen LogP contribution >= 0.6 is 0 Å². The van der Waals surface area contributed by atoms with E-state index in [0.717, 1.165) is 6.26 Å². The number of amides is 2. The van der Waals surface area contributed by atoms with E-state index in [4.69, 9.17) is 9.47 Å². The minimum absolute atomic E-state index is 0.130. The molecule has 2 aromatic heterocycles. The average molecular weight is 460 g/mol. The lowest BCUT2D eigenvalue weighted by Crippen LogP contribution is -2.43. The zero-order valence-corrected chi connectivity index (χ0v) is 19.5. The molecular weight excluding hydrogens is 434 g/mol. The largest absolute Gasteiger partial charge is 0.497 e. The summed E-state index contributed by atoms with van der Waals surface area (Å²) in [6.45, 7) is 5.54. The number of hydrogen-bond donors (Lipinski definition) is 2. The van der Waals surface area contributed by atoms with Crippen molar-refractivity contribution in [1.82, 2.24) is 20.3 Å². The molecule has 0 fully saturated rings. The van der Waals surface area contributed by atoms with Crippen molar-refractivity contribution in [2.45, 2.75) is 31.5 Å². The molecule has 2 heterocycles. The fourth-order valence-corrected chi connectivity index (χ4v) is 3.38. The van der Waals surface area contributed by atoms with Crippen LogP contribution in [0.4, 0.5) is 10.6 Å². The summed E-state index contributed by atoms with van der Waals surface area (Å²) in [7, 11) is -0.559. The van der Waals surface area contributed by atoms with Gasteiger partial charge in [-0.1, -0.05) is 0 Å². The number of sulfone groups is 1. The number of benzene rings is 1. The van der Waals surface area contributed by atoms with Gasteiger partial charge in [0, 0.05) is 35.0 Å². The average Bonchev–Trinajstić information content (AvgIpc) is 2.70. The number of ether oxygens (including phenoxy) is 2. The molecule has 3 aromatic rings. The van der Waals surface area contributed by atoms with Gasteiger partial charge in [-0.15, -0.1) is 0 Å². The Balaban J connectivity index is 2.22. The summed E-state index contributed by atoms with van der Waals surface area (Å²) in [4.78, 5) is 25.0. The number of rotatable bonds is 5. The maximum Gasteiger partial charge on any atom is 0.320 e. The third kappa shape index (κ3) is 5.41. The second-order valence-electron chi connectivity index (χ2n) is 8.15. The topological polar surface area (TPSA) is 132 Å². The number of pyridine rings is 1. The van der Waals surface area contributed by atoms with Crippen LogP contribution in [0.5, 0.6) is 11.5 Å². The summed E-state index contributed by atoms with van der Waals surface area (Å²) in [6, 6.07) is 6.50. The Hall–Kier alpha value is -3.47. The molecule has 2 N–H and O–H groups in total. The molecular formula is C21H25N5O5S. The third-order valence-corrected chi connectivity index (χ3v) is 5.12. The molecule has 11 heteroatoms. The van der Waals surface area contributed by atoms with E-state index in [1.807, 2.05) is 20.8 Å². The van der Waals surface area contributed by atoms with Crippen LogP contribution in [0.15, 0.2) is 35.6 Å². The quantitative estimate of drug-likeness (QED) is 0.557. The Morgan fingerprint density at radius 2 is 1.62 bits per heavy atom. The molecule has 0 spiro atoms. The Kier molecular flexibility index (Phi) is 6.22. The lowest BCUT2D eigenvalue weighted by Gasteiger charge is -2.21. The summed E-state index contributed by atoms with van der Waals surface area (Å²) >= 11 is 0. The first-order valence-corrected chi connectivity index (χ1v) is 11.5. The number of hydrogen-bond acceptors (Lipinski definition) is 8. The van der Waals surface area contributed by atoms with Gasteiger partial charge < -0.3 is 14.8 Å². The molecule has 0 saturated carbocycles. The number of anilines is 1. The first kappa shape index (κ1) is 23.2. The highest BCUT2D eigenvalue weighted by atomic mass is 32.2. The van der Waals surface area contributed by atoms with Gasteiger partial charge in [0.05, 0.1) is 14.2 Å². The fourth-order valence-electron chi connectivity index (χ4n) is 2.88. The predicted octanol–water partition coefficient (Wildman–Crippen LogP) is 3.03. The number of methoxy groups -OCH3 is 2. The van der Waals surface area contributed by atoms with Crippen LogP contribution in [-0.4, -0.2) is 55.4 Å². The fraction of sp³-hybridized carbons (Fsp3) is 0.333. The minimum Gasteiger partial charge on any atom is -0.497 e. The predicted molar refractivity (Wildman–Crippen MR) is 121 cm³/mol. The summed E-state index contributed by atoms with van der Waals surface area (Å²) in [5.41, 5.74) is 0.861. The molecule has 0 aliphatic heterocycles. The first-order valence-electron chi connectivity index (χ1n) is 9.60. The van der Waals surface area contributed by atoms with Crippen LogP contribution in [0.25, 0.3) is 22.2 Å². The summed E-state index contributed by atoms with van der Waals surface area (Å²) in [5, 5.41) is 5.69. The molecule has 2 amide bonds. The number of carbonyl (C=O) groups excluding carboxylic acids is 1. The Bertz CT molecular complexity index is 1260. The molecule has 3 rings (SSSR count). The molecule has 1 aromatic carbocycles. The van der Waals surface area contributed by atoms with Crippen LogP contribution < -0.4 is 20.1 Å². The van der Waals surface area contributed by atoms with Gasteiger partial charge in [0.2, 0.25) is 15.0 Å². The summed E-state index contributed by atoms with van der Waals surface area (Å²) in [5.74, 6) is 1.29. The van der Waals surface area contributed by atoms with Gasteiger partial charge in [-0.05, 0) is 44.5 Å². The monoisotopic (exact) mass is 459 g/mol. The van der Waals surface area contributed by atoms with Crippen molar-refractivity contribution < 1.29 is 22.7 Å². The number of nitrogens with one attached hydrogen (secondary N) is 2.